The molecule has 1 aliphatic carbocycles. The lowest BCUT2D eigenvalue weighted by molar-refractivity contribution is 0.143. The van der Waals surface area contributed by atoms with Gasteiger partial charge in [0.05, 0.1) is 19.8 Å². The van der Waals surface area contributed by atoms with Gasteiger partial charge < -0.3 is 20.7 Å². The number of nitrogens with two attached hydrogens (primary N) is 1. The van der Waals surface area contributed by atoms with Crippen LogP contribution in [0.15, 0.2) is 11.9 Å². The Bertz CT molecular complexity index is 705. The average Bonchev–Trinajstić information content (AvgIpc) is 3.04. The maximum absolute atomic E-state index is 9.34. The Balaban J connectivity index is 2.04. The molecule has 21 heavy (non-hydrogen) atoms. The van der Waals surface area contributed by atoms with Crippen LogP contribution in [-0.2, 0) is 0 Å². The zero-order chi connectivity index (χ0) is 15.0. The molecule has 3 rings (SSSR count). The number of aliphatic hydroxyl groups excluding tert-OH is 2. The van der Waals surface area contributed by atoms with Gasteiger partial charge in [0.2, 0.25) is 11.8 Å². The number of imidazole rings is 1. The molecule has 0 aliphatic heterocycles. The number of nitrogen functional groups attached to an aromatic ring is 1. The van der Waals surface area contributed by atoms with Crippen molar-refractivity contribution in [2.75, 3.05) is 25.6 Å². The number of hydrogen-bond donors (Lipinski definition) is 3. The fourth-order valence-corrected chi connectivity index (χ4v) is 2.27. The average molecular weight is 291 g/mol. The lowest BCUT2D eigenvalue weighted by atomic mass is 10.1. The van der Waals surface area contributed by atoms with Gasteiger partial charge in [-0.2, -0.15) is 9.97 Å². The van der Waals surface area contributed by atoms with Crippen LogP contribution >= 0.6 is 0 Å². The monoisotopic (exact) mass is 291 g/mol. The SMILES string of the molecule is CCOc1nc(N)nc2c1ncn2/C=C1/CC1(CO)CO. The number of ether oxygens (including phenoxy) is 1. The standard InChI is InChI=1S/C13H17N5O3/c1-2-21-11-9-10(16-12(14)17-11)18(7-15-9)4-8-3-13(8,5-19)6-20/h4,7,19-20H,2-3,5-6H2,1H3,(H2,14,16,17)/b8-4-. The number of nitrogens with zero attached hydrogens (tertiary/aromatic N) is 4. The van der Waals surface area contributed by atoms with Crippen LogP contribution in [0.2, 0.25) is 0 Å². The largest absolute Gasteiger partial charge is 0.476 e. The van der Waals surface area contributed by atoms with Crippen molar-refractivity contribution < 1.29 is 14.9 Å². The second-order valence-electron chi connectivity index (χ2n) is 5.07. The molecule has 0 spiro atoms. The Morgan fingerprint density at radius 2 is 2.19 bits per heavy atom. The molecular formula is C13H17N5O3. The molecule has 1 fully saturated rings. The highest BCUT2D eigenvalue weighted by molar-refractivity contribution is 5.79. The van der Waals surface area contributed by atoms with E-state index in [4.69, 9.17) is 10.5 Å². The van der Waals surface area contributed by atoms with E-state index in [1.54, 1.807) is 10.9 Å². The summed E-state index contributed by atoms with van der Waals surface area (Å²) in [4.78, 5) is 12.5. The van der Waals surface area contributed by atoms with Crippen LogP contribution in [0.1, 0.15) is 13.3 Å². The van der Waals surface area contributed by atoms with Gasteiger partial charge in [-0.15, -0.1) is 0 Å². The first-order valence-corrected chi connectivity index (χ1v) is 6.69. The molecule has 2 aromatic rings. The van der Waals surface area contributed by atoms with Crippen LogP contribution in [0.3, 0.4) is 0 Å². The zero-order valence-electron chi connectivity index (χ0n) is 11.7. The van der Waals surface area contributed by atoms with Gasteiger partial charge in [0, 0.05) is 11.6 Å². The van der Waals surface area contributed by atoms with Crippen molar-refractivity contribution >= 4 is 23.3 Å². The van der Waals surface area contributed by atoms with Crippen LogP contribution in [-0.4, -0.2) is 49.6 Å². The Labute approximate surface area is 120 Å². The number of fused-ring (bicyclic) bond motifs is 1. The van der Waals surface area contributed by atoms with Crippen molar-refractivity contribution in [1.29, 1.82) is 0 Å². The van der Waals surface area contributed by atoms with E-state index in [1.807, 2.05) is 13.1 Å². The third-order valence-electron chi connectivity index (χ3n) is 3.67. The highest BCUT2D eigenvalue weighted by Crippen LogP contribution is 2.51. The minimum Gasteiger partial charge on any atom is -0.476 e. The molecule has 0 bridgehead atoms. The van der Waals surface area contributed by atoms with E-state index in [0.717, 1.165) is 5.57 Å². The topological polar surface area (TPSA) is 119 Å². The molecule has 8 nitrogen and oxygen atoms in total. The third kappa shape index (κ3) is 2.22. The van der Waals surface area contributed by atoms with Gasteiger partial charge in [-0.05, 0) is 18.9 Å². The first-order valence-electron chi connectivity index (χ1n) is 6.69. The van der Waals surface area contributed by atoms with E-state index >= 15 is 0 Å². The van der Waals surface area contributed by atoms with Gasteiger partial charge in [0.15, 0.2) is 11.2 Å². The van der Waals surface area contributed by atoms with Crippen LogP contribution in [0.4, 0.5) is 5.95 Å². The molecule has 112 valence electrons. The maximum Gasteiger partial charge on any atom is 0.247 e. The van der Waals surface area contributed by atoms with Crippen molar-refractivity contribution in [3.63, 3.8) is 0 Å². The second kappa shape index (κ2) is 4.97. The van der Waals surface area contributed by atoms with E-state index in [2.05, 4.69) is 15.0 Å². The normalized spacial score (nSPS) is 18.3. The molecule has 0 atom stereocenters. The summed E-state index contributed by atoms with van der Waals surface area (Å²) in [6.07, 6.45) is 4.05. The first-order chi connectivity index (χ1) is 10.1. The van der Waals surface area contributed by atoms with E-state index < -0.39 is 5.41 Å². The summed E-state index contributed by atoms with van der Waals surface area (Å²) in [5.74, 6) is 0.459. The van der Waals surface area contributed by atoms with Crippen molar-refractivity contribution in [1.82, 2.24) is 19.5 Å². The van der Waals surface area contributed by atoms with Gasteiger partial charge in [-0.3, -0.25) is 4.57 Å². The minimum atomic E-state index is -0.516. The van der Waals surface area contributed by atoms with Gasteiger partial charge >= 0.3 is 0 Å². The Kier molecular flexibility index (Phi) is 3.26. The van der Waals surface area contributed by atoms with Gasteiger partial charge in [-0.1, -0.05) is 0 Å². The molecule has 0 unspecified atom stereocenters. The summed E-state index contributed by atoms with van der Waals surface area (Å²) in [6.45, 7) is 2.15. The van der Waals surface area contributed by atoms with Crippen LogP contribution in [0, 0.1) is 5.41 Å². The maximum atomic E-state index is 9.34. The molecule has 0 amide bonds. The summed E-state index contributed by atoms with van der Waals surface area (Å²) in [6, 6.07) is 0. The van der Waals surface area contributed by atoms with Crippen LogP contribution in [0.5, 0.6) is 5.88 Å². The van der Waals surface area contributed by atoms with Crippen molar-refractivity contribution in [2.24, 2.45) is 5.41 Å². The highest BCUT2D eigenvalue weighted by Gasteiger charge is 2.48. The highest BCUT2D eigenvalue weighted by atomic mass is 16.5. The lowest BCUT2D eigenvalue weighted by Gasteiger charge is -2.05. The zero-order valence-corrected chi connectivity index (χ0v) is 11.7. The minimum absolute atomic E-state index is 0.0801. The Morgan fingerprint density at radius 3 is 2.81 bits per heavy atom. The second-order valence-corrected chi connectivity index (χ2v) is 5.07. The summed E-state index contributed by atoms with van der Waals surface area (Å²) >= 11 is 0. The van der Waals surface area contributed by atoms with Crippen LogP contribution < -0.4 is 10.5 Å². The molecule has 4 N–H and O–H groups in total. The smallest absolute Gasteiger partial charge is 0.247 e. The van der Waals surface area contributed by atoms with Crippen molar-refractivity contribution in [3.05, 3.63) is 11.9 Å². The molecule has 1 aliphatic rings. The number of hydrogen-bond acceptors (Lipinski definition) is 7. The molecule has 0 radical (unpaired) electrons. The predicted octanol–water partition coefficient (Wildman–Crippen LogP) is 0.0228. The quantitative estimate of drug-likeness (QED) is 0.710. The Morgan fingerprint density at radius 1 is 1.43 bits per heavy atom. The number of aromatic nitrogens is 4. The van der Waals surface area contributed by atoms with Crippen molar-refractivity contribution in [2.45, 2.75) is 13.3 Å². The third-order valence-corrected chi connectivity index (χ3v) is 3.67. The van der Waals surface area contributed by atoms with Crippen LogP contribution in [0.25, 0.3) is 17.4 Å². The fourth-order valence-electron chi connectivity index (χ4n) is 2.27. The lowest BCUT2D eigenvalue weighted by Crippen LogP contribution is -2.12. The van der Waals surface area contributed by atoms with E-state index in [-0.39, 0.29) is 19.2 Å². The van der Waals surface area contributed by atoms with Gasteiger partial charge in [-0.25, -0.2) is 4.98 Å². The molecular weight excluding hydrogens is 274 g/mol. The molecule has 0 saturated heterocycles. The van der Waals surface area contributed by atoms with Gasteiger partial charge in [0.25, 0.3) is 0 Å². The molecule has 1 saturated carbocycles. The summed E-state index contributed by atoms with van der Waals surface area (Å²) in [5.41, 5.74) is 7.19. The summed E-state index contributed by atoms with van der Waals surface area (Å²) in [5, 5.41) is 18.7. The Hall–Kier alpha value is -2.19. The first kappa shape index (κ1) is 13.8. The molecule has 2 heterocycles. The summed E-state index contributed by atoms with van der Waals surface area (Å²) in [7, 11) is 0. The number of rotatable bonds is 5. The van der Waals surface area contributed by atoms with E-state index in [9.17, 15) is 10.2 Å². The summed E-state index contributed by atoms with van der Waals surface area (Å²) < 4.78 is 7.12. The van der Waals surface area contributed by atoms with Gasteiger partial charge in [0.1, 0.15) is 6.33 Å². The van der Waals surface area contributed by atoms with E-state index in [1.165, 1.54) is 0 Å². The molecule has 8 heteroatoms. The predicted molar refractivity (Wildman–Crippen MR) is 76.4 cm³/mol. The molecule has 2 aromatic heterocycles. The number of anilines is 1. The van der Waals surface area contributed by atoms with E-state index in [0.29, 0.717) is 30.1 Å². The fraction of sp³-hybridized carbons (Fsp3) is 0.462. The van der Waals surface area contributed by atoms with Crippen molar-refractivity contribution in [3.8, 4) is 5.88 Å². The molecule has 0 aromatic carbocycles. The number of aliphatic hydroxyl groups is 2.